The van der Waals surface area contributed by atoms with E-state index in [1.165, 1.54) is 12.1 Å². The van der Waals surface area contributed by atoms with Gasteiger partial charge in [-0.2, -0.15) is 8.78 Å². The summed E-state index contributed by atoms with van der Waals surface area (Å²) in [6.07, 6.45) is 3.17. The molecule has 5 nitrogen and oxygen atoms in total. The first-order valence-electron chi connectivity index (χ1n) is 9.13. The lowest BCUT2D eigenvalue weighted by Crippen LogP contribution is -2.27. The lowest BCUT2D eigenvalue weighted by Gasteiger charge is -2.27. The SMILES string of the molecule is Cc1cc(C2(c3ccc(F)c(-c4cccnc4)c3)COC(N)=N2)ccc1OC(F)F. The van der Waals surface area contributed by atoms with Gasteiger partial charge in [0.05, 0.1) is 0 Å². The summed E-state index contributed by atoms with van der Waals surface area (Å²) < 4.78 is 49.8. The molecule has 2 N–H and O–H groups in total. The number of aromatic nitrogens is 1. The number of hydrogen-bond acceptors (Lipinski definition) is 5. The molecule has 1 aromatic heterocycles. The highest BCUT2D eigenvalue weighted by Gasteiger charge is 2.40. The van der Waals surface area contributed by atoms with Crippen molar-refractivity contribution in [2.24, 2.45) is 10.7 Å². The van der Waals surface area contributed by atoms with Gasteiger partial charge >= 0.3 is 6.61 Å². The molecule has 0 fully saturated rings. The van der Waals surface area contributed by atoms with E-state index in [-0.39, 0.29) is 18.4 Å². The van der Waals surface area contributed by atoms with Gasteiger partial charge in [0.15, 0.2) is 5.54 Å². The van der Waals surface area contributed by atoms with Crippen LogP contribution in [0, 0.1) is 12.7 Å². The van der Waals surface area contributed by atoms with Gasteiger partial charge in [0.1, 0.15) is 18.2 Å². The van der Waals surface area contributed by atoms with Crippen LogP contribution in [-0.4, -0.2) is 24.2 Å². The highest BCUT2D eigenvalue weighted by Crippen LogP contribution is 2.41. The molecule has 1 aliphatic rings. The smallest absolute Gasteiger partial charge is 0.387 e. The molecule has 1 atom stereocenters. The maximum atomic E-state index is 14.6. The zero-order valence-corrected chi connectivity index (χ0v) is 16.0. The van der Waals surface area contributed by atoms with Gasteiger partial charge in [-0.05, 0) is 53.9 Å². The standard InChI is InChI=1S/C22H18F3N3O2/c1-13-9-15(5-7-19(13)30-20(24)25)22(12-29-21(26)28-22)16-4-6-18(23)17(10-16)14-3-2-8-27-11-14/h2-11,20H,12H2,1H3,(H2,26,28). The second kappa shape index (κ2) is 7.70. The number of rotatable bonds is 5. The van der Waals surface area contributed by atoms with Gasteiger partial charge in [-0.15, -0.1) is 0 Å². The minimum atomic E-state index is -2.92. The fourth-order valence-corrected chi connectivity index (χ4v) is 3.55. The Morgan fingerprint density at radius 1 is 1.13 bits per heavy atom. The third-order valence-corrected chi connectivity index (χ3v) is 5.02. The Morgan fingerprint density at radius 2 is 1.90 bits per heavy atom. The number of ether oxygens (including phenoxy) is 2. The quantitative estimate of drug-likeness (QED) is 0.674. The van der Waals surface area contributed by atoms with Crippen LogP contribution in [0.4, 0.5) is 13.2 Å². The number of nitrogens with zero attached hydrogens (tertiary/aromatic N) is 2. The van der Waals surface area contributed by atoms with Gasteiger partial charge in [0.25, 0.3) is 6.02 Å². The predicted octanol–water partition coefficient (Wildman–Crippen LogP) is 4.39. The Labute approximate surface area is 171 Å². The summed E-state index contributed by atoms with van der Waals surface area (Å²) >= 11 is 0. The summed E-state index contributed by atoms with van der Waals surface area (Å²) in [7, 11) is 0. The highest BCUT2D eigenvalue weighted by atomic mass is 19.3. The molecule has 0 bridgehead atoms. The fraction of sp³-hybridized carbons (Fsp3) is 0.182. The molecule has 154 valence electrons. The first-order valence-corrected chi connectivity index (χ1v) is 9.13. The van der Waals surface area contributed by atoms with E-state index in [9.17, 15) is 13.2 Å². The summed E-state index contributed by atoms with van der Waals surface area (Å²) in [5.74, 6) is -0.343. The molecule has 0 saturated carbocycles. The molecular formula is C22H18F3N3O2. The molecule has 0 aliphatic carbocycles. The fourth-order valence-electron chi connectivity index (χ4n) is 3.55. The Balaban J connectivity index is 1.84. The third kappa shape index (κ3) is 3.56. The Hall–Kier alpha value is -3.55. The molecule has 0 spiro atoms. The third-order valence-electron chi connectivity index (χ3n) is 5.02. The number of alkyl halides is 2. The van der Waals surface area contributed by atoms with Crippen molar-refractivity contribution < 1.29 is 22.6 Å². The van der Waals surface area contributed by atoms with E-state index in [0.29, 0.717) is 27.8 Å². The van der Waals surface area contributed by atoms with E-state index in [2.05, 4.69) is 14.7 Å². The van der Waals surface area contributed by atoms with Gasteiger partial charge < -0.3 is 15.2 Å². The number of aliphatic imine (C=N–C) groups is 1. The number of aryl methyl sites for hydroxylation is 1. The van der Waals surface area contributed by atoms with Crippen molar-refractivity contribution >= 4 is 6.02 Å². The number of nitrogens with two attached hydrogens (primary N) is 1. The van der Waals surface area contributed by atoms with E-state index in [1.54, 1.807) is 55.7 Å². The van der Waals surface area contributed by atoms with E-state index >= 15 is 0 Å². The molecule has 0 amide bonds. The van der Waals surface area contributed by atoms with Crippen molar-refractivity contribution in [3.05, 3.63) is 83.4 Å². The monoisotopic (exact) mass is 413 g/mol. The molecule has 2 aromatic carbocycles. The summed E-state index contributed by atoms with van der Waals surface area (Å²) in [5.41, 5.74) is 7.54. The predicted molar refractivity (Wildman–Crippen MR) is 106 cm³/mol. The Kier molecular flexibility index (Phi) is 5.07. The average molecular weight is 413 g/mol. The first-order chi connectivity index (χ1) is 14.4. The zero-order chi connectivity index (χ0) is 21.3. The first kappa shape index (κ1) is 19.8. The molecule has 3 aromatic rings. The van der Waals surface area contributed by atoms with Gasteiger partial charge in [-0.1, -0.05) is 18.2 Å². The van der Waals surface area contributed by atoms with Crippen LogP contribution in [0.15, 0.2) is 65.9 Å². The van der Waals surface area contributed by atoms with E-state index in [1.807, 2.05) is 0 Å². The van der Waals surface area contributed by atoms with Crippen molar-refractivity contribution in [3.63, 3.8) is 0 Å². The normalized spacial score (nSPS) is 18.2. The van der Waals surface area contributed by atoms with Crippen molar-refractivity contribution in [2.45, 2.75) is 19.1 Å². The summed E-state index contributed by atoms with van der Waals surface area (Å²) in [6, 6.07) is 12.9. The number of amidine groups is 1. The van der Waals surface area contributed by atoms with Gasteiger partial charge in [0, 0.05) is 23.5 Å². The maximum Gasteiger partial charge on any atom is 0.387 e. The van der Waals surface area contributed by atoms with Gasteiger partial charge in [0.2, 0.25) is 0 Å². The van der Waals surface area contributed by atoms with E-state index in [0.717, 1.165) is 0 Å². The molecule has 30 heavy (non-hydrogen) atoms. The number of benzene rings is 2. The minimum Gasteiger partial charge on any atom is -0.462 e. The average Bonchev–Trinajstić information content (AvgIpc) is 3.13. The van der Waals surface area contributed by atoms with Crippen LogP contribution in [-0.2, 0) is 10.3 Å². The highest BCUT2D eigenvalue weighted by molar-refractivity contribution is 5.76. The molecule has 0 saturated heterocycles. The molecule has 0 radical (unpaired) electrons. The van der Waals surface area contributed by atoms with Gasteiger partial charge in [-0.25, -0.2) is 9.38 Å². The summed E-state index contributed by atoms with van der Waals surface area (Å²) in [5, 5.41) is 0. The zero-order valence-electron chi connectivity index (χ0n) is 16.0. The van der Waals surface area contributed by atoms with Crippen molar-refractivity contribution in [1.82, 2.24) is 4.98 Å². The minimum absolute atomic E-state index is 0.00665. The second-order valence-electron chi connectivity index (χ2n) is 6.89. The van der Waals surface area contributed by atoms with Gasteiger partial charge in [-0.3, -0.25) is 4.98 Å². The Bertz CT molecular complexity index is 1110. The number of pyridine rings is 1. The lowest BCUT2D eigenvalue weighted by molar-refractivity contribution is -0.0503. The van der Waals surface area contributed by atoms with Crippen LogP contribution in [0.5, 0.6) is 5.75 Å². The van der Waals surface area contributed by atoms with E-state index < -0.39 is 18.0 Å². The van der Waals surface area contributed by atoms with E-state index in [4.69, 9.17) is 10.5 Å². The Morgan fingerprint density at radius 3 is 2.53 bits per heavy atom. The topological polar surface area (TPSA) is 69.7 Å². The molecule has 8 heteroatoms. The molecule has 2 heterocycles. The van der Waals surface area contributed by atoms with Crippen LogP contribution in [0.2, 0.25) is 0 Å². The van der Waals surface area contributed by atoms with Crippen molar-refractivity contribution in [3.8, 4) is 16.9 Å². The maximum absolute atomic E-state index is 14.6. The summed E-state index contributed by atoms with van der Waals surface area (Å²) in [4.78, 5) is 8.55. The molecule has 1 unspecified atom stereocenters. The summed E-state index contributed by atoms with van der Waals surface area (Å²) in [6.45, 7) is -1.18. The molecule has 4 rings (SSSR count). The molecular weight excluding hydrogens is 395 g/mol. The van der Waals surface area contributed by atoms with Crippen molar-refractivity contribution in [1.29, 1.82) is 0 Å². The van der Waals surface area contributed by atoms with Crippen LogP contribution in [0.1, 0.15) is 16.7 Å². The number of halogens is 3. The molecule has 1 aliphatic heterocycles. The van der Waals surface area contributed by atoms with Crippen LogP contribution in [0.25, 0.3) is 11.1 Å². The van der Waals surface area contributed by atoms with Crippen LogP contribution >= 0.6 is 0 Å². The van der Waals surface area contributed by atoms with Crippen LogP contribution < -0.4 is 10.5 Å². The largest absolute Gasteiger partial charge is 0.462 e. The number of hydrogen-bond donors (Lipinski definition) is 1. The van der Waals surface area contributed by atoms with Crippen molar-refractivity contribution in [2.75, 3.05) is 6.61 Å². The lowest BCUT2D eigenvalue weighted by atomic mass is 9.82. The van der Waals surface area contributed by atoms with Crippen LogP contribution in [0.3, 0.4) is 0 Å². The second-order valence-corrected chi connectivity index (χ2v) is 6.89.